The molecular formula is C24H15N3O4S3. The van der Waals surface area contributed by atoms with Gasteiger partial charge in [0.25, 0.3) is 23.6 Å². The number of thiophene rings is 1. The van der Waals surface area contributed by atoms with Gasteiger partial charge in [-0.05, 0) is 55.8 Å². The van der Waals surface area contributed by atoms with E-state index in [0.717, 1.165) is 24.1 Å². The van der Waals surface area contributed by atoms with E-state index in [4.69, 9.17) is 0 Å². The van der Waals surface area contributed by atoms with Crippen LogP contribution in [0.25, 0.3) is 32.6 Å². The minimum atomic E-state index is -0.617. The van der Waals surface area contributed by atoms with Crippen LogP contribution in [-0.4, -0.2) is 37.2 Å². The fraction of sp³-hybridized carbons (Fsp3) is 0.0833. The molecule has 2 aromatic carbocycles. The Balaban J connectivity index is 1.74. The van der Waals surface area contributed by atoms with Gasteiger partial charge in [-0.1, -0.05) is 25.6 Å². The van der Waals surface area contributed by atoms with Crippen LogP contribution < -0.4 is 0 Å². The zero-order valence-corrected chi connectivity index (χ0v) is 20.4. The standard InChI is InChI=1S/C24H15N3O4S3/c1-9-7-12-19-18-13(22(29)26(32)23(30)17(9)18)8-11(20(19)24(31)27(33)21(12)28)14-4-5-15(25-14)16-6-3-10(2)34-16/h3-8,25,32-33H,1-2H3. The highest BCUT2D eigenvalue weighted by molar-refractivity contribution is 7.79. The second-order valence-electron chi connectivity index (χ2n) is 8.25. The molecule has 2 aromatic heterocycles. The van der Waals surface area contributed by atoms with Crippen molar-refractivity contribution in [2.45, 2.75) is 13.8 Å². The molecule has 6 rings (SSSR count). The maximum absolute atomic E-state index is 13.4. The topological polar surface area (TPSA) is 90.6 Å². The average Bonchev–Trinajstić information content (AvgIpc) is 3.47. The summed E-state index contributed by atoms with van der Waals surface area (Å²) >= 11 is 9.89. The predicted molar refractivity (Wildman–Crippen MR) is 135 cm³/mol. The molecule has 1 N–H and O–H groups in total. The Morgan fingerprint density at radius 1 is 0.706 bits per heavy atom. The quantitative estimate of drug-likeness (QED) is 0.262. The van der Waals surface area contributed by atoms with Crippen molar-refractivity contribution in [3.8, 4) is 21.8 Å². The number of aromatic amines is 1. The number of nitrogens with one attached hydrogen (secondary N) is 1. The summed E-state index contributed by atoms with van der Waals surface area (Å²) in [5, 5.41) is 0.595. The first-order valence-electron chi connectivity index (χ1n) is 10.2. The van der Waals surface area contributed by atoms with Crippen LogP contribution in [-0.2, 0) is 0 Å². The zero-order valence-electron chi connectivity index (χ0n) is 17.8. The lowest BCUT2D eigenvalue weighted by Crippen LogP contribution is -2.38. The van der Waals surface area contributed by atoms with E-state index >= 15 is 0 Å². The molecule has 0 saturated heterocycles. The number of aryl methyl sites for hydroxylation is 2. The predicted octanol–water partition coefficient (Wildman–Crippen LogP) is 5.06. The second-order valence-corrected chi connectivity index (χ2v) is 10.3. The van der Waals surface area contributed by atoms with Crippen LogP contribution in [0.15, 0.2) is 36.4 Å². The van der Waals surface area contributed by atoms with Gasteiger partial charge >= 0.3 is 0 Å². The summed E-state index contributed by atoms with van der Waals surface area (Å²) < 4.78 is 1.54. The molecule has 0 radical (unpaired) electrons. The summed E-state index contributed by atoms with van der Waals surface area (Å²) in [7, 11) is 0. The maximum Gasteiger partial charge on any atom is 0.272 e. The number of amides is 4. The molecule has 4 heterocycles. The fourth-order valence-electron chi connectivity index (χ4n) is 4.72. The van der Waals surface area contributed by atoms with E-state index in [9.17, 15) is 19.2 Å². The van der Waals surface area contributed by atoms with Gasteiger partial charge in [0.2, 0.25) is 0 Å². The van der Waals surface area contributed by atoms with Crippen molar-refractivity contribution in [2.24, 2.45) is 0 Å². The summed E-state index contributed by atoms with van der Waals surface area (Å²) in [5.74, 6) is -2.42. The molecule has 10 heteroatoms. The van der Waals surface area contributed by atoms with Gasteiger partial charge in [0.15, 0.2) is 0 Å². The molecular weight excluding hydrogens is 490 g/mol. The van der Waals surface area contributed by atoms with Crippen LogP contribution in [0, 0.1) is 13.8 Å². The maximum atomic E-state index is 13.4. The van der Waals surface area contributed by atoms with Gasteiger partial charge in [-0.15, -0.1) is 11.3 Å². The lowest BCUT2D eigenvalue weighted by molar-refractivity contribution is 0.0718. The number of aromatic nitrogens is 1. The van der Waals surface area contributed by atoms with Gasteiger partial charge < -0.3 is 4.98 Å². The normalized spacial score (nSPS) is 15.2. The van der Waals surface area contributed by atoms with Crippen LogP contribution >= 0.6 is 37.0 Å². The molecule has 0 fully saturated rings. The van der Waals surface area contributed by atoms with E-state index in [1.165, 1.54) is 0 Å². The number of imide groups is 2. The number of thiol groups is 2. The Hall–Kier alpha value is -3.34. The van der Waals surface area contributed by atoms with Crippen LogP contribution in [0.1, 0.15) is 51.9 Å². The van der Waals surface area contributed by atoms with Gasteiger partial charge in [0.05, 0.1) is 27.3 Å². The number of carbonyl (C=O) groups excluding carboxylic acids is 4. The van der Waals surface area contributed by atoms with Crippen LogP contribution in [0.3, 0.4) is 0 Å². The summed E-state index contributed by atoms with van der Waals surface area (Å²) in [4.78, 5) is 57.9. The Morgan fingerprint density at radius 2 is 1.29 bits per heavy atom. The number of nitrogens with zero attached hydrogens (tertiary/aromatic N) is 2. The SMILES string of the molecule is Cc1ccc(-c2ccc(-c3cc4c5c(c(C)cc6c5c3C(=O)N(S)C6=O)C(=O)N(S)C4=O)[nH]2)s1. The summed E-state index contributed by atoms with van der Waals surface area (Å²) in [6, 6.07) is 10.9. The average molecular weight is 506 g/mol. The summed E-state index contributed by atoms with van der Waals surface area (Å²) in [6.07, 6.45) is 0. The summed E-state index contributed by atoms with van der Waals surface area (Å²) in [6.45, 7) is 3.70. The highest BCUT2D eigenvalue weighted by Gasteiger charge is 2.41. The van der Waals surface area contributed by atoms with Crippen LogP contribution in [0.5, 0.6) is 0 Å². The monoisotopic (exact) mass is 505 g/mol. The smallest absolute Gasteiger partial charge is 0.272 e. The molecule has 34 heavy (non-hydrogen) atoms. The van der Waals surface area contributed by atoms with Crippen molar-refractivity contribution >= 4 is 71.4 Å². The Kier molecular flexibility index (Phi) is 4.42. The second kappa shape index (κ2) is 7.08. The number of H-pyrrole nitrogens is 1. The third kappa shape index (κ3) is 2.67. The van der Waals surface area contributed by atoms with Crippen LogP contribution in [0.2, 0.25) is 0 Å². The molecule has 7 nitrogen and oxygen atoms in total. The first-order chi connectivity index (χ1) is 16.2. The zero-order chi connectivity index (χ0) is 24.0. The molecule has 4 amide bonds. The van der Waals surface area contributed by atoms with Crippen molar-refractivity contribution in [3.05, 3.63) is 69.1 Å². The number of benzene rings is 2. The van der Waals surface area contributed by atoms with E-state index < -0.39 is 23.6 Å². The third-order valence-corrected chi connectivity index (χ3v) is 8.00. The lowest BCUT2D eigenvalue weighted by atomic mass is 9.82. The Bertz CT molecular complexity index is 1650. The fourth-order valence-corrected chi connectivity index (χ4v) is 5.98. The third-order valence-electron chi connectivity index (χ3n) is 6.24. The first-order valence-corrected chi connectivity index (χ1v) is 11.9. The summed E-state index contributed by atoms with van der Waals surface area (Å²) in [5.41, 5.74) is 3.31. The van der Waals surface area contributed by atoms with E-state index in [-0.39, 0.29) is 22.3 Å². The van der Waals surface area contributed by atoms with E-state index in [2.05, 4.69) is 30.6 Å². The molecule has 0 spiro atoms. The van der Waals surface area contributed by atoms with Gasteiger partial charge in [-0.3, -0.25) is 19.2 Å². The molecule has 0 bridgehead atoms. The minimum Gasteiger partial charge on any atom is -0.354 e. The van der Waals surface area contributed by atoms with E-state index in [0.29, 0.717) is 27.6 Å². The van der Waals surface area contributed by atoms with Crippen molar-refractivity contribution in [3.63, 3.8) is 0 Å². The molecule has 4 aromatic rings. The number of hydrogen-bond acceptors (Lipinski definition) is 7. The number of rotatable bonds is 2. The molecule has 0 unspecified atom stereocenters. The van der Waals surface area contributed by atoms with Gasteiger partial charge in [0, 0.05) is 32.5 Å². The van der Waals surface area contributed by atoms with Crippen molar-refractivity contribution < 1.29 is 19.2 Å². The van der Waals surface area contributed by atoms with E-state index in [1.807, 2.05) is 31.2 Å². The van der Waals surface area contributed by atoms with Gasteiger partial charge in [-0.25, -0.2) is 8.61 Å². The molecule has 168 valence electrons. The van der Waals surface area contributed by atoms with Gasteiger partial charge in [0.1, 0.15) is 0 Å². The first kappa shape index (κ1) is 21.2. The highest BCUT2D eigenvalue weighted by atomic mass is 32.1. The van der Waals surface area contributed by atoms with Crippen LogP contribution in [0.4, 0.5) is 0 Å². The number of hydrogen-bond donors (Lipinski definition) is 3. The highest BCUT2D eigenvalue weighted by Crippen LogP contribution is 2.44. The molecule has 0 atom stereocenters. The van der Waals surface area contributed by atoms with E-state index in [1.54, 1.807) is 30.4 Å². The number of carbonyl (C=O) groups is 4. The van der Waals surface area contributed by atoms with Crippen molar-refractivity contribution in [1.29, 1.82) is 0 Å². The molecule has 0 saturated carbocycles. The largest absolute Gasteiger partial charge is 0.354 e. The Morgan fingerprint density at radius 3 is 1.94 bits per heavy atom. The molecule has 2 aliphatic rings. The van der Waals surface area contributed by atoms with Crippen molar-refractivity contribution in [2.75, 3.05) is 0 Å². The molecule has 2 aliphatic heterocycles. The van der Waals surface area contributed by atoms with Gasteiger partial charge in [-0.2, -0.15) is 0 Å². The van der Waals surface area contributed by atoms with Crippen molar-refractivity contribution in [1.82, 2.24) is 13.6 Å². The lowest BCUT2D eigenvalue weighted by Gasteiger charge is -2.30. The molecule has 0 aliphatic carbocycles. The Labute approximate surface area is 208 Å². The minimum absolute atomic E-state index is 0.208.